The molecule has 0 radical (unpaired) electrons. The maximum Gasteiger partial charge on any atom is 0.203 e. The van der Waals surface area contributed by atoms with Gasteiger partial charge < -0.3 is 15.8 Å². The van der Waals surface area contributed by atoms with Crippen LogP contribution in [0.15, 0.2) is 67.0 Å². The molecule has 9 heteroatoms. The molecule has 9 nitrogen and oxygen atoms in total. The molecule has 2 atom stereocenters. The lowest BCUT2D eigenvalue weighted by atomic mass is 9.90. The zero-order chi connectivity index (χ0) is 24.5. The maximum absolute atomic E-state index is 6.29. The highest BCUT2D eigenvalue weighted by Crippen LogP contribution is 2.32. The number of fused-ring (bicyclic) bond motifs is 7. The zero-order valence-electron chi connectivity index (χ0n) is 20.1. The first kappa shape index (κ1) is 22.2. The van der Waals surface area contributed by atoms with Crippen molar-refractivity contribution in [2.45, 2.75) is 38.5 Å². The molecular formula is C27H28N8O. The number of aromatic amines is 1. The molecule has 1 aliphatic rings. The number of nitrogens with one attached hydrogen (secondary N) is 2. The van der Waals surface area contributed by atoms with E-state index in [4.69, 9.17) is 10.5 Å². The van der Waals surface area contributed by atoms with Gasteiger partial charge in [0.15, 0.2) is 0 Å². The van der Waals surface area contributed by atoms with Crippen LogP contribution in [-0.2, 0) is 13.1 Å². The van der Waals surface area contributed by atoms with E-state index in [0.29, 0.717) is 18.0 Å². The van der Waals surface area contributed by atoms with Crippen LogP contribution in [0.25, 0.3) is 11.2 Å². The molecule has 3 aromatic heterocycles. The molecule has 5 aromatic rings. The van der Waals surface area contributed by atoms with Gasteiger partial charge in [-0.3, -0.25) is 4.68 Å². The van der Waals surface area contributed by atoms with Crippen LogP contribution in [0.3, 0.4) is 0 Å². The Balaban J connectivity index is 1.39. The third-order valence-corrected chi connectivity index (χ3v) is 6.69. The third-order valence-electron chi connectivity index (χ3n) is 6.69. The monoisotopic (exact) mass is 480 g/mol. The number of pyridine rings is 1. The lowest BCUT2D eigenvalue weighted by Crippen LogP contribution is -2.18. The van der Waals surface area contributed by atoms with Crippen LogP contribution in [0.4, 0.5) is 5.82 Å². The first-order valence-corrected chi connectivity index (χ1v) is 12.2. The van der Waals surface area contributed by atoms with Crippen molar-refractivity contribution in [1.29, 1.82) is 0 Å². The number of nitrogen functional groups attached to an aromatic ring is 1. The second-order valence-electron chi connectivity index (χ2n) is 9.27. The molecule has 0 aliphatic carbocycles. The third kappa shape index (κ3) is 4.52. The van der Waals surface area contributed by atoms with Crippen LogP contribution in [0, 0.1) is 0 Å². The normalized spacial score (nSPS) is 18.5. The molecule has 1 unspecified atom stereocenters. The standard InChI is InChI=1S/C27H28N8O/c1-17-20-6-2-4-18(10-20)13-29-9-8-23(24-12-25(28)31-27-26(24)32-34-33-27)21-14-30-35(16-21)15-19-5-3-7-22(11-19)36-17/h2-7,10-12,14,16-17,23,29H,8-9,13,15H2,1H3,(H3,28,31,32,33,34)/t17-,23?/m1/s1. The fourth-order valence-corrected chi connectivity index (χ4v) is 4.90. The number of hydrogen-bond donors (Lipinski definition) is 3. The van der Waals surface area contributed by atoms with E-state index in [1.165, 1.54) is 5.56 Å². The van der Waals surface area contributed by atoms with E-state index in [1.807, 2.05) is 29.1 Å². The molecule has 0 saturated heterocycles. The average Bonchev–Trinajstić information content (AvgIpc) is 3.53. The van der Waals surface area contributed by atoms with Crippen molar-refractivity contribution in [3.8, 4) is 5.75 Å². The summed E-state index contributed by atoms with van der Waals surface area (Å²) in [5.41, 5.74) is 13.0. The SMILES string of the molecule is C[C@H]1Oc2cccc(c2)Cn2cc(cn2)C(c2cc(N)nc3n[nH]nc23)CCNCc2cccc1c2. The molecule has 36 heavy (non-hydrogen) atoms. The minimum Gasteiger partial charge on any atom is -0.486 e. The van der Waals surface area contributed by atoms with E-state index in [2.05, 4.69) is 80.3 Å². The fourth-order valence-electron chi connectivity index (χ4n) is 4.90. The number of nitrogens with zero attached hydrogens (tertiary/aromatic N) is 5. The number of H-pyrrole nitrogens is 1. The minimum atomic E-state index is -0.0569. The molecule has 0 spiro atoms. The van der Waals surface area contributed by atoms with E-state index in [1.54, 1.807) is 0 Å². The van der Waals surface area contributed by atoms with Crippen molar-refractivity contribution in [3.05, 3.63) is 94.8 Å². The van der Waals surface area contributed by atoms with E-state index in [0.717, 1.165) is 53.0 Å². The number of anilines is 1. The van der Waals surface area contributed by atoms with Crippen LogP contribution in [0.1, 0.15) is 53.2 Å². The van der Waals surface area contributed by atoms with E-state index >= 15 is 0 Å². The Bertz CT molecular complexity index is 1510. The highest BCUT2D eigenvalue weighted by atomic mass is 16.5. The van der Waals surface area contributed by atoms with Crippen molar-refractivity contribution < 1.29 is 4.74 Å². The number of nitrogens with two attached hydrogens (primary N) is 1. The van der Waals surface area contributed by atoms with Gasteiger partial charge in [-0.25, -0.2) is 4.98 Å². The van der Waals surface area contributed by atoms with Gasteiger partial charge in [-0.15, -0.1) is 5.10 Å². The molecule has 4 N–H and O–H groups in total. The summed E-state index contributed by atoms with van der Waals surface area (Å²) in [6, 6.07) is 18.7. The topological polar surface area (TPSA) is 120 Å². The van der Waals surface area contributed by atoms with Gasteiger partial charge in [-0.1, -0.05) is 36.4 Å². The lowest BCUT2D eigenvalue weighted by Gasteiger charge is -2.18. The maximum atomic E-state index is 6.29. The smallest absolute Gasteiger partial charge is 0.203 e. The number of aromatic nitrogens is 6. The first-order chi connectivity index (χ1) is 17.6. The van der Waals surface area contributed by atoms with Gasteiger partial charge in [-0.2, -0.15) is 15.4 Å². The largest absolute Gasteiger partial charge is 0.486 e. The zero-order valence-corrected chi connectivity index (χ0v) is 20.1. The molecule has 4 heterocycles. The average molecular weight is 481 g/mol. The van der Waals surface area contributed by atoms with Gasteiger partial charge in [0.05, 0.1) is 12.7 Å². The first-order valence-electron chi connectivity index (χ1n) is 12.2. The number of hydrogen-bond acceptors (Lipinski definition) is 7. The summed E-state index contributed by atoms with van der Waals surface area (Å²) in [5.74, 6) is 1.30. The highest BCUT2D eigenvalue weighted by molar-refractivity contribution is 5.77. The van der Waals surface area contributed by atoms with Crippen LogP contribution >= 0.6 is 0 Å². The molecule has 2 aromatic carbocycles. The van der Waals surface area contributed by atoms with Gasteiger partial charge >= 0.3 is 0 Å². The van der Waals surface area contributed by atoms with Crippen LogP contribution in [0.5, 0.6) is 5.75 Å². The van der Waals surface area contributed by atoms with Gasteiger partial charge in [0, 0.05) is 18.7 Å². The summed E-state index contributed by atoms with van der Waals surface area (Å²) in [5, 5.41) is 19.5. The minimum absolute atomic E-state index is 0.0286. The molecule has 0 amide bonds. The molecule has 0 fully saturated rings. The second kappa shape index (κ2) is 9.43. The number of benzene rings is 2. The second-order valence-corrected chi connectivity index (χ2v) is 9.27. The predicted octanol–water partition coefficient (Wildman–Crippen LogP) is 3.95. The van der Waals surface area contributed by atoms with Crippen molar-refractivity contribution in [1.82, 2.24) is 35.5 Å². The summed E-state index contributed by atoms with van der Waals surface area (Å²) in [7, 11) is 0. The van der Waals surface area contributed by atoms with Crippen molar-refractivity contribution >= 4 is 17.0 Å². The number of rotatable bonds is 1. The van der Waals surface area contributed by atoms with Crippen LogP contribution in [-0.4, -0.2) is 36.7 Å². The van der Waals surface area contributed by atoms with Crippen LogP contribution in [0.2, 0.25) is 0 Å². The Labute approximate surface area is 208 Å². The molecule has 6 rings (SSSR count). The van der Waals surface area contributed by atoms with Gasteiger partial charge in [0.2, 0.25) is 5.65 Å². The Morgan fingerprint density at radius 3 is 2.86 bits per heavy atom. The van der Waals surface area contributed by atoms with E-state index in [-0.39, 0.29) is 12.0 Å². The summed E-state index contributed by atoms with van der Waals surface area (Å²) in [6.07, 6.45) is 4.82. The number of ether oxygens (including phenoxy) is 1. The Morgan fingerprint density at radius 1 is 1.03 bits per heavy atom. The highest BCUT2D eigenvalue weighted by Gasteiger charge is 2.22. The Morgan fingerprint density at radius 2 is 1.92 bits per heavy atom. The molecule has 6 bridgehead atoms. The lowest BCUT2D eigenvalue weighted by molar-refractivity contribution is 0.226. The molecular weight excluding hydrogens is 452 g/mol. The van der Waals surface area contributed by atoms with E-state index < -0.39 is 0 Å². The van der Waals surface area contributed by atoms with Gasteiger partial charge in [-0.05, 0) is 65.9 Å². The summed E-state index contributed by atoms with van der Waals surface area (Å²) < 4.78 is 8.25. The Hall–Kier alpha value is -4.24. The van der Waals surface area contributed by atoms with Crippen molar-refractivity contribution in [2.75, 3.05) is 12.3 Å². The van der Waals surface area contributed by atoms with Crippen LogP contribution < -0.4 is 15.8 Å². The van der Waals surface area contributed by atoms with Gasteiger partial charge in [0.1, 0.15) is 23.2 Å². The summed E-state index contributed by atoms with van der Waals surface area (Å²) in [4.78, 5) is 4.32. The summed E-state index contributed by atoms with van der Waals surface area (Å²) >= 11 is 0. The van der Waals surface area contributed by atoms with Crippen molar-refractivity contribution in [3.63, 3.8) is 0 Å². The molecule has 1 aliphatic heterocycles. The fraction of sp³-hybridized carbons (Fsp3) is 0.259. The summed E-state index contributed by atoms with van der Waals surface area (Å²) in [6.45, 7) is 4.29. The molecule has 182 valence electrons. The Kier molecular flexibility index (Phi) is 5.82. The predicted molar refractivity (Wildman–Crippen MR) is 138 cm³/mol. The quantitative estimate of drug-likeness (QED) is 0.332. The molecule has 0 saturated carbocycles. The van der Waals surface area contributed by atoms with E-state index in [9.17, 15) is 0 Å². The van der Waals surface area contributed by atoms with Crippen molar-refractivity contribution in [2.24, 2.45) is 0 Å². The van der Waals surface area contributed by atoms with Gasteiger partial charge in [0.25, 0.3) is 0 Å².